The van der Waals surface area contributed by atoms with Gasteiger partial charge in [0, 0.05) is 24.6 Å². The maximum atomic E-state index is 11.7. The first-order valence-electron chi connectivity index (χ1n) is 6.16. The Hall–Kier alpha value is -2.37. The van der Waals surface area contributed by atoms with Gasteiger partial charge in [0.25, 0.3) is 0 Å². The Kier molecular flexibility index (Phi) is 4.49. The third-order valence-corrected chi connectivity index (χ3v) is 2.55. The van der Waals surface area contributed by atoms with Gasteiger partial charge in [0.1, 0.15) is 0 Å². The quantitative estimate of drug-likeness (QED) is 0.846. The number of urea groups is 1. The molecule has 2 N–H and O–H groups in total. The highest BCUT2D eigenvalue weighted by atomic mass is 16.2. The van der Waals surface area contributed by atoms with Crippen molar-refractivity contribution in [3.63, 3.8) is 0 Å². The summed E-state index contributed by atoms with van der Waals surface area (Å²) in [6.45, 7) is 2.99. The number of hydrogen-bond acceptors (Lipinski definition) is 3. The smallest absolute Gasteiger partial charge is 0.315 e. The molecule has 0 aliphatic carbocycles. The van der Waals surface area contributed by atoms with Gasteiger partial charge >= 0.3 is 6.03 Å². The second kappa shape index (κ2) is 6.53. The normalized spacial score (nSPS) is 11.8. The first kappa shape index (κ1) is 13.1. The molecule has 2 rings (SSSR count). The number of nitrogens with zero attached hydrogens (tertiary/aromatic N) is 3. The zero-order valence-corrected chi connectivity index (χ0v) is 10.8. The maximum absolute atomic E-state index is 11.7. The second-order valence-corrected chi connectivity index (χ2v) is 4.28. The first-order chi connectivity index (χ1) is 9.24. The summed E-state index contributed by atoms with van der Waals surface area (Å²) in [5.41, 5.74) is 0.831. The summed E-state index contributed by atoms with van der Waals surface area (Å²) in [5.74, 6) is 0. The molecule has 0 spiro atoms. The van der Waals surface area contributed by atoms with E-state index in [2.05, 4.69) is 20.7 Å². The van der Waals surface area contributed by atoms with E-state index >= 15 is 0 Å². The number of carbonyl (C=O) groups excluding carboxylic acids is 1. The summed E-state index contributed by atoms with van der Waals surface area (Å²) in [6, 6.07) is 7.26. The van der Waals surface area contributed by atoms with Crippen LogP contribution in [0.25, 0.3) is 0 Å². The molecule has 0 unspecified atom stereocenters. The molecule has 100 valence electrons. The van der Waals surface area contributed by atoms with E-state index in [1.807, 2.05) is 37.4 Å². The van der Waals surface area contributed by atoms with Crippen molar-refractivity contribution < 1.29 is 4.79 Å². The van der Waals surface area contributed by atoms with E-state index < -0.39 is 0 Å². The largest absolute Gasteiger partial charge is 0.334 e. The molecule has 6 nitrogen and oxygen atoms in total. The number of aromatic nitrogens is 3. The molecule has 0 fully saturated rings. The van der Waals surface area contributed by atoms with Crippen molar-refractivity contribution in [1.29, 1.82) is 0 Å². The minimum Gasteiger partial charge on any atom is -0.334 e. The van der Waals surface area contributed by atoms with Crippen molar-refractivity contribution in [2.45, 2.75) is 26.1 Å². The minimum atomic E-state index is -0.203. The van der Waals surface area contributed by atoms with Gasteiger partial charge in [-0.25, -0.2) is 4.79 Å². The van der Waals surface area contributed by atoms with Gasteiger partial charge in [0.05, 0.1) is 18.8 Å². The number of carbonyl (C=O) groups is 1. The molecule has 0 aromatic carbocycles. The predicted octanol–water partition coefficient (Wildman–Crippen LogP) is 1.17. The molecule has 0 aliphatic heterocycles. The number of nitrogens with one attached hydrogen (secondary N) is 2. The topological polar surface area (TPSA) is 71.8 Å². The number of amides is 2. The molecule has 0 aliphatic rings. The molecule has 2 aromatic rings. The van der Waals surface area contributed by atoms with Crippen molar-refractivity contribution in [2.75, 3.05) is 0 Å². The average molecular weight is 259 g/mol. The maximum Gasteiger partial charge on any atom is 0.315 e. The molecular weight excluding hydrogens is 242 g/mol. The van der Waals surface area contributed by atoms with Gasteiger partial charge in [-0.2, -0.15) is 5.10 Å². The van der Waals surface area contributed by atoms with Gasteiger partial charge in [-0.05, 0) is 25.1 Å². The van der Waals surface area contributed by atoms with E-state index in [1.165, 1.54) is 0 Å². The van der Waals surface area contributed by atoms with Crippen LogP contribution >= 0.6 is 0 Å². The van der Waals surface area contributed by atoms with Crippen molar-refractivity contribution >= 4 is 6.03 Å². The molecule has 1 atom stereocenters. The van der Waals surface area contributed by atoms with E-state index in [4.69, 9.17) is 0 Å². The number of rotatable bonds is 5. The summed E-state index contributed by atoms with van der Waals surface area (Å²) >= 11 is 0. The zero-order valence-electron chi connectivity index (χ0n) is 10.8. The molecule has 0 saturated carbocycles. The minimum absolute atomic E-state index is 0.00336. The highest BCUT2D eigenvalue weighted by Gasteiger charge is 2.07. The molecule has 6 heteroatoms. The van der Waals surface area contributed by atoms with Gasteiger partial charge in [-0.1, -0.05) is 6.07 Å². The van der Waals surface area contributed by atoms with E-state index in [1.54, 1.807) is 17.1 Å². The lowest BCUT2D eigenvalue weighted by Crippen LogP contribution is -2.42. The van der Waals surface area contributed by atoms with Crippen LogP contribution in [0.1, 0.15) is 12.6 Å². The summed E-state index contributed by atoms with van der Waals surface area (Å²) in [5, 5.41) is 9.71. The molecule has 0 radical (unpaired) electrons. The summed E-state index contributed by atoms with van der Waals surface area (Å²) in [7, 11) is 0. The lowest BCUT2D eigenvalue weighted by atomic mass is 10.3. The fourth-order valence-corrected chi connectivity index (χ4v) is 1.68. The van der Waals surface area contributed by atoms with Gasteiger partial charge in [0.15, 0.2) is 0 Å². The fraction of sp³-hybridized carbons (Fsp3) is 0.308. The molecule has 2 amide bonds. The van der Waals surface area contributed by atoms with Gasteiger partial charge in [-0.3, -0.25) is 9.67 Å². The average Bonchev–Trinajstić information content (AvgIpc) is 2.90. The summed E-state index contributed by atoms with van der Waals surface area (Å²) in [6.07, 6.45) is 5.28. The Balaban J connectivity index is 1.72. The zero-order chi connectivity index (χ0) is 13.5. The van der Waals surface area contributed by atoms with Crippen LogP contribution in [0.2, 0.25) is 0 Å². The second-order valence-electron chi connectivity index (χ2n) is 4.28. The van der Waals surface area contributed by atoms with E-state index in [0.29, 0.717) is 13.1 Å². The number of pyridine rings is 1. The van der Waals surface area contributed by atoms with Crippen molar-refractivity contribution in [3.05, 3.63) is 48.5 Å². The Morgan fingerprint density at radius 2 is 2.26 bits per heavy atom. The van der Waals surface area contributed by atoms with Crippen molar-refractivity contribution in [3.8, 4) is 0 Å². The fourth-order valence-electron chi connectivity index (χ4n) is 1.68. The van der Waals surface area contributed by atoms with Gasteiger partial charge < -0.3 is 10.6 Å². The SMILES string of the molecule is C[C@H](Cn1cccn1)NC(=O)NCc1ccccn1. The monoisotopic (exact) mass is 259 g/mol. The Bertz CT molecular complexity index is 497. The third kappa shape index (κ3) is 4.42. The van der Waals surface area contributed by atoms with Gasteiger partial charge in [-0.15, -0.1) is 0 Å². The van der Waals surface area contributed by atoms with Crippen LogP contribution in [-0.4, -0.2) is 26.8 Å². The van der Waals surface area contributed by atoms with E-state index in [-0.39, 0.29) is 12.1 Å². The Morgan fingerprint density at radius 1 is 1.37 bits per heavy atom. The van der Waals surface area contributed by atoms with Crippen molar-refractivity contribution in [1.82, 2.24) is 25.4 Å². The van der Waals surface area contributed by atoms with Crippen LogP contribution in [0.3, 0.4) is 0 Å². The lowest BCUT2D eigenvalue weighted by Gasteiger charge is -2.14. The van der Waals surface area contributed by atoms with Crippen LogP contribution in [-0.2, 0) is 13.1 Å². The van der Waals surface area contributed by atoms with Crippen LogP contribution in [0.15, 0.2) is 42.9 Å². The van der Waals surface area contributed by atoms with E-state index in [9.17, 15) is 4.79 Å². The van der Waals surface area contributed by atoms with Gasteiger partial charge in [0.2, 0.25) is 0 Å². The summed E-state index contributed by atoms with van der Waals surface area (Å²) in [4.78, 5) is 15.8. The number of hydrogen-bond donors (Lipinski definition) is 2. The van der Waals surface area contributed by atoms with E-state index in [0.717, 1.165) is 5.69 Å². The molecule has 19 heavy (non-hydrogen) atoms. The molecule has 2 aromatic heterocycles. The summed E-state index contributed by atoms with van der Waals surface area (Å²) < 4.78 is 1.78. The highest BCUT2D eigenvalue weighted by Crippen LogP contribution is 1.93. The Labute approximate surface area is 111 Å². The van der Waals surface area contributed by atoms with Crippen LogP contribution in [0, 0.1) is 0 Å². The molecule has 0 saturated heterocycles. The Morgan fingerprint density at radius 3 is 2.95 bits per heavy atom. The highest BCUT2D eigenvalue weighted by molar-refractivity contribution is 5.74. The van der Waals surface area contributed by atoms with Crippen molar-refractivity contribution in [2.24, 2.45) is 0 Å². The molecule has 2 heterocycles. The molecular formula is C13H17N5O. The first-order valence-corrected chi connectivity index (χ1v) is 6.16. The third-order valence-electron chi connectivity index (χ3n) is 2.55. The van der Waals surface area contributed by atoms with Crippen LogP contribution in [0.4, 0.5) is 4.79 Å². The lowest BCUT2D eigenvalue weighted by molar-refractivity contribution is 0.235. The standard InChI is InChI=1S/C13H17N5O/c1-11(10-18-8-4-7-16-18)17-13(19)15-9-12-5-2-3-6-14-12/h2-8,11H,9-10H2,1H3,(H2,15,17,19)/t11-/m1/s1. The predicted molar refractivity (Wildman–Crippen MR) is 71.3 cm³/mol. The molecule has 0 bridgehead atoms. The van der Waals surface area contributed by atoms with Crippen LogP contribution in [0.5, 0.6) is 0 Å². The van der Waals surface area contributed by atoms with Crippen LogP contribution < -0.4 is 10.6 Å².